The Bertz CT molecular complexity index is 1380. The van der Waals surface area contributed by atoms with Crippen LogP contribution >= 0.6 is 11.6 Å². The molecule has 1 fully saturated rings. The van der Waals surface area contributed by atoms with Crippen molar-refractivity contribution in [3.63, 3.8) is 0 Å². The van der Waals surface area contributed by atoms with Gasteiger partial charge in [-0.15, -0.1) is 5.10 Å². The highest BCUT2D eigenvalue weighted by Gasteiger charge is 2.39. The van der Waals surface area contributed by atoms with Crippen molar-refractivity contribution in [2.24, 2.45) is 5.92 Å². The fourth-order valence-corrected chi connectivity index (χ4v) is 4.69. The summed E-state index contributed by atoms with van der Waals surface area (Å²) in [6, 6.07) is 19.6. The highest BCUT2D eigenvalue weighted by molar-refractivity contribution is 6.30. The number of anilines is 1. The largest absolute Gasteiger partial charge is 0.457 e. The summed E-state index contributed by atoms with van der Waals surface area (Å²) in [5, 5.41) is 11.2. The molecule has 0 spiro atoms. The molecule has 0 bridgehead atoms. The van der Waals surface area contributed by atoms with E-state index in [4.69, 9.17) is 16.3 Å². The second-order valence-electron chi connectivity index (χ2n) is 9.16. The Balaban J connectivity index is 1.26. The van der Waals surface area contributed by atoms with Crippen LogP contribution in [0, 0.1) is 11.7 Å². The summed E-state index contributed by atoms with van der Waals surface area (Å²) in [6.45, 7) is 0.464. The fourth-order valence-electron chi connectivity index (χ4n) is 4.57. The molecule has 2 atom stereocenters. The summed E-state index contributed by atoms with van der Waals surface area (Å²) in [4.78, 5) is 28.1. The first-order chi connectivity index (χ1) is 18.4. The van der Waals surface area contributed by atoms with Crippen molar-refractivity contribution >= 4 is 29.1 Å². The number of aromatic nitrogens is 3. The summed E-state index contributed by atoms with van der Waals surface area (Å²) in [5.41, 5.74) is 1.67. The van der Waals surface area contributed by atoms with Crippen molar-refractivity contribution in [1.29, 1.82) is 0 Å². The van der Waals surface area contributed by atoms with Crippen LogP contribution in [0.15, 0.2) is 85.2 Å². The maximum atomic E-state index is 13.4. The zero-order chi connectivity index (χ0) is 26.5. The zero-order valence-electron chi connectivity index (χ0n) is 20.3. The van der Waals surface area contributed by atoms with Gasteiger partial charge in [0, 0.05) is 23.5 Å². The van der Waals surface area contributed by atoms with E-state index in [0.717, 1.165) is 12.0 Å². The van der Waals surface area contributed by atoms with Gasteiger partial charge in [0.1, 0.15) is 29.9 Å². The first-order valence-electron chi connectivity index (χ1n) is 12.2. The maximum Gasteiger partial charge on any atom is 0.247 e. The summed E-state index contributed by atoms with van der Waals surface area (Å²) in [6.07, 6.45) is 4.38. The highest BCUT2D eigenvalue weighted by atomic mass is 35.5. The number of nitrogens with zero attached hydrogens (tertiary/aromatic N) is 4. The van der Waals surface area contributed by atoms with Crippen LogP contribution in [0.25, 0.3) is 0 Å². The number of benzene rings is 3. The van der Waals surface area contributed by atoms with Crippen molar-refractivity contribution in [1.82, 2.24) is 19.9 Å². The van der Waals surface area contributed by atoms with Crippen LogP contribution in [0.1, 0.15) is 12.0 Å². The molecule has 1 N–H and O–H groups in total. The van der Waals surface area contributed by atoms with Gasteiger partial charge in [0.05, 0.1) is 6.20 Å². The molecule has 0 saturated carbocycles. The lowest BCUT2D eigenvalue weighted by molar-refractivity contribution is -0.137. The third-order valence-corrected chi connectivity index (χ3v) is 6.64. The molecule has 38 heavy (non-hydrogen) atoms. The predicted molar refractivity (Wildman–Crippen MR) is 140 cm³/mol. The molecular formula is C28H25ClFN5O3. The Labute approximate surface area is 224 Å². The fraction of sp³-hybridized carbons (Fsp3) is 0.214. The van der Waals surface area contributed by atoms with Crippen molar-refractivity contribution in [2.45, 2.75) is 25.4 Å². The minimum absolute atomic E-state index is 0.00681. The van der Waals surface area contributed by atoms with Gasteiger partial charge in [-0.1, -0.05) is 28.9 Å². The molecule has 8 nitrogen and oxygen atoms in total. The molecule has 1 aromatic heterocycles. The SMILES string of the molecule is O=C(Nc1ccc(Oc2ccc(F)cc2)cc1)C1CC(Cc2ccc(Cl)cc2)CN1C(=O)Cn1ccnn1. The molecule has 2 heterocycles. The lowest BCUT2D eigenvalue weighted by atomic mass is 9.96. The lowest BCUT2D eigenvalue weighted by Gasteiger charge is -2.24. The number of hydrogen-bond acceptors (Lipinski definition) is 5. The van der Waals surface area contributed by atoms with Crippen molar-refractivity contribution in [3.05, 3.63) is 102 Å². The van der Waals surface area contributed by atoms with E-state index >= 15 is 0 Å². The molecule has 3 aromatic carbocycles. The normalized spacial score (nSPS) is 16.8. The van der Waals surface area contributed by atoms with Gasteiger partial charge in [0.25, 0.3) is 0 Å². The third kappa shape index (κ3) is 6.36. The Hall–Kier alpha value is -4.24. The zero-order valence-corrected chi connectivity index (χ0v) is 21.1. The molecule has 0 radical (unpaired) electrons. The van der Waals surface area contributed by atoms with Gasteiger partial charge in [-0.25, -0.2) is 9.07 Å². The number of nitrogens with one attached hydrogen (secondary N) is 1. The molecule has 10 heteroatoms. The summed E-state index contributed by atoms with van der Waals surface area (Å²) in [5.74, 6) is 0.357. The van der Waals surface area contributed by atoms with Crippen molar-refractivity contribution < 1.29 is 18.7 Å². The molecule has 2 amide bonds. The molecule has 2 unspecified atom stereocenters. The summed E-state index contributed by atoms with van der Waals surface area (Å²) >= 11 is 6.02. The number of ether oxygens (including phenoxy) is 1. The molecule has 4 aromatic rings. The van der Waals surface area contributed by atoms with Gasteiger partial charge in [-0.3, -0.25) is 9.59 Å². The van der Waals surface area contributed by atoms with Crippen LogP contribution in [0.4, 0.5) is 10.1 Å². The van der Waals surface area contributed by atoms with Crippen LogP contribution < -0.4 is 10.1 Å². The minimum atomic E-state index is -0.626. The maximum absolute atomic E-state index is 13.4. The van der Waals surface area contributed by atoms with Crippen LogP contribution in [-0.4, -0.2) is 44.3 Å². The predicted octanol–water partition coefficient (Wildman–Crippen LogP) is 4.96. The molecule has 5 rings (SSSR count). The quantitative estimate of drug-likeness (QED) is 0.346. The van der Waals surface area contributed by atoms with Gasteiger partial charge in [0.2, 0.25) is 11.8 Å². The molecule has 1 saturated heterocycles. The van der Waals surface area contributed by atoms with Gasteiger partial charge >= 0.3 is 0 Å². The van der Waals surface area contributed by atoms with E-state index in [2.05, 4.69) is 15.6 Å². The van der Waals surface area contributed by atoms with E-state index in [0.29, 0.717) is 35.2 Å². The van der Waals surface area contributed by atoms with Crippen molar-refractivity contribution in [3.8, 4) is 11.5 Å². The number of carbonyl (C=O) groups excluding carboxylic acids is 2. The number of carbonyl (C=O) groups is 2. The van der Waals surface area contributed by atoms with E-state index in [1.54, 1.807) is 35.4 Å². The smallest absolute Gasteiger partial charge is 0.247 e. The highest BCUT2D eigenvalue weighted by Crippen LogP contribution is 2.29. The monoisotopic (exact) mass is 533 g/mol. The van der Waals surface area contributed by atoms with Crippen LogP contribution in [0.5, 0.6) is 11.5 Å². The Morgan fingerprint density at radius 3 is 2.34 bits per heavy atom. The first kappa shape index (κ1) is 25.4. The summed E-state index contributed by atoms with van der Waals surface area (Å²) in [7, 11) is 0. The van der Waals surface area contributed by atoms with E-state index < -0.39 is 6.04 Å². The number of hydrogen-bond donors (Lipinski definition) is 1. The number of rotatable bonds is 8. The van der Waals surface area contributed by atoms with E-state index in [-0.39, 0.29) is 30.1 Å². The number of likely N-dealkylation sites (tertiary alicyclic amines) is 1. The topological polar surface area (TPSA) is 89.4 Å². The molecule has 1 aliphatic rings. The minimum Gasteiger partial charge on any atom is -0.457 e. The molecule has 0 aliphatic carbocycles. The molecular weight excluding hydrogens is 509 g/mol. The first-order valence-corrected chi connectivity index (χ1v) is 12.5. The van der Waals surface area contributed by atoms with E-state index in [9.17, 15) is 14.0 Å². The van der Waals surface area contributed by atoms with Gasteiger partial charge < -0.3 is 15.0 Å². The van der Waals surface area contributed by atoms with E-state index in [1.807, 2.05) is 24.3 Å². The second-order valence-corrected chi connectivity index (χ2v) is 9.60. The molecule has 1 aliphatic heterocycles. The van der Waals surface area contributed by atoms with Crippen LogP contribution in [0.2, 0.25) is 5.02 Å². The summed E-state index contributed by atoms with van der Waals surface area (Å²) < 4.78 is 20.3. The second kappa shape index (κ2) is 11.4. The van der Waals surface area contributed by atoms with Gasteiger partial charge in [-0.05, 0) is 85.0 Å². The molecule has 194 valence electrons. The van der Waals surface area contributed by atoms with Crippen molar-refractivity contribution in [2.75, 3.05) is 11.9 Å². The average Bonchev–Trinajstić information content (AvgIpc) is 3.58. The van der Waals surface area contributed by atoms with Gasteiger partial charge in [-0.2, -0.15) is 0 Å². The van der Waals surface area contributed by atoms with Crippen LogP contribution in [0.3, 0.4) is 0 Å². The Kier molecular flexibility index (Phi) is 7.65. The van der Waals surface area contributed by atoms with Crippen LogP contribution in [-0.2, 0) is 22.6 Å². The third-order valence-electron chi connectivity index (χ3n) is 6.39. The van der Waals surface area contributed by atoms with E-state index in [1.165, 1.54) is 35.1 Å². The average molecular weight is 534 g/mol. The Morgan fingerprint density at radius 2 is 1.68 bits per heavy atom. The lowest BCUT2D eigenvalue weighted by Crippen LogP contribution is -2.44. The Morgan fingerprint density at radius 1 is 1.00 bits per heavy atom. The number of amides is 2. The number of halogens is 2. The standard InChI is InChI=1S/C28H25ClFN5O3/c29-21-3-1-19(2-4-21)15-20-16-26(35(17-20)27(36)18-34-14-13-31-33-34)28(37)32-23-7-11-25(12-8-23)38-24-9-5-22(30)6-10-24/h1-14,20,26H,15-18H2,(H,32,37). The van der Waals surface area contributed by atoms with Gasteiger partial charge in [0.15, 0.2) is 0 Å².